The van der Waals surface area contributed by atoms with E-state index in [0.29, 0.717) is 5.41 Å². The van der Waals surface area contributed by atoms with E-state index in [1.807, 2.05) is 11.8 Å². The lowest BCUT2D eigenvalue weighted by Crippen LogP contribution is -2.41. The minimum atomic E-state index is 0.482. The van der Waals surface area contributed by atoms with Crippen LogP contribution in [0.15, 0.2) is 0 Å². The van der Waals surface area contributed by atoms with Gasteiger partial charge >= 0.3 is 0 Å². The third-order valence-corrected chi connectivity index (χ3v) is 5.43. The molecule has 0 aromatic heterocycles. The highest BCUT2D eigenvalue weighted by Crippen LogP contribution is 2.35. The van der Waals surface area contributed by atoms with Crippen molar-refractivity contribution >= 4 is 11.8 Å². The van der Waals surface area contributed by atoms with Crippen LogP contribution in [0.1, 0.15) is 27.2 Å². The van der Waals surface area contributed by atoms with E-state index >= 15 is 0 Å². The van der Waals surface area contributed by atoms with Crippen LogP contribution in [0.2, 0.25) is 0 Å². The lowest BCUT2D eigenvalue weighted by atomic mass is 9.80. The molecule has 0 spiro atoms. The number of likely N-dealkylation sites (tertiary alicyclic amines) is 1. The standard InChI is InChI=1S/C13H26N2S/c1-13(2,3)10-5-6-15(9-10)11-7-14-8-12(11)16-4/h10-12,14H,5-9H2,1-4H3. The quantitative estimate of drug-likeness (QED) is 0.798. The molecule has 3 unspecified atom stereocenters. The predicted octanol–water partition coefficient (Wildman–Crippen LogP) is 2.06. The summed E-state index contributed by atoms with van der Waals surface area (Å²) >= 11 is 2.03. The lowest BCUT2D eigenvalue weighted by Gasteiger charge is -2.30. The van der Waals surface area contributed by atoms with Crippen LogP contribution >= 0.6 is 11.8 Å². The fourth-order valence-electron chi connectivity index (χ4n) is 3.04. The van der Waals surface area contributed by atoms with Crippen molar-refractivity contribution in [2.24, 2.45) is 11.3 Å². The monoisotopic (exact) mass is 242 g/mol. The van der Waals surface area contributed by atoms with Gasteiger partial charge in [-0.1, -0.05) is 20.8 Å². The van der Waals surface area contributed by atoms with E-state index in [0.717, 1.165) is 17.2 Å². The van der Waals surface area contributed by atoms with Gasteiger partial charge in [-0.05, 0) is 30.6 Å². The van der Waals surface area contributed by atoms with Crippen LogP contribution in [-0.2, 0) is 0 Å². The topological polar surface area (TPSA) is 15.3 Å². The van der Waals surface area contributed by atoms with Crippen LogP contribution in [0.25, 0.3) is 0 Å². The Morgan fingerprint density at radius 3 is 2.56 bits per heavy atom. The molecule has 16 heavy (non-hydrogen) atoms. The fraction of sp³-hybridized carbons (Fsp3) is 1.00. The second-order valence-corrected chi connectivity index (χ2v) is 7.42. The molecule has 0 aromatic carbocycles. The number of nitrogens with one attached hydrogen (secondary N) is 1. The Hall–Kier alpha value is 0.270. The predicted molar refractivity (Wildman–Crippen MR) is 73.1 cm³/mol. The van der Waals surface area contributed by atoms with Gasteiger partial charge in [-0.3, -0.25) is 4.90 Å². The van der Waals surface area contributed by atoms with Crippen LogP contribution in [0.3, 0.4) is 0 Å². The van der Waals surface area contributed by atoms with E-state index in [9.17, 15) is 0 Å². The molecule has 2 heterocycles. The molecule has 0 amide bonds. The SMILES string of the molecule is CSC1CNCC1N1CCC(C(C)(C)C)C1. The molecular weight excluding hydrogens is 216 g/mol. The second-order valence-electron chi connectivity index (χ2n) is 6.35. The summed E-state index contributed by atoms with van der Waals surface area (Å²) < 4.78 is 0. The maximum atomic E-state index is 3.54. The summed E-state index contributed by atoms with van der Waals surface area (Å²) in [5.74, 6) is 0.885. The Kier molecular flexibility index (Phi) is 3.87. The van der Waals surface area contributed by atoms with Crippen molar-refractivity contribution in [3.05, 3.63) is 0 Å². The van der Waals surface area contributed by atoms with Gasteiger partial charge in [-0.15, -0.1) is 0 Å². The molecule has 2 aliphatic heterocycles. The zero-order chi connectivity index (χ0) is 11.8. The number of hydrogen-bond donors (Lipinski definition) is 1. The molecule has 0 aromatic rings. The van der Waals surface area contributed by atoms with E-state index in [1.54, 1.807) is 0 Å². The van der Waals surface area contributed by atoms with E-state index in [4.69, 9.17) is 0 Å². The number of nitrogens with zero attached hydrogens (tertiary/aromatic N) is 1. The Labute approximate surface area is 105 Å². The molecule has 3 heteroatoms. The third kappa shape index (κ3) is 2.57. The minimum absolute atomic E-state index is 0.482. The summed E-state index contributed by atoms with van der Waals surface area (Å²) in [7, 11) is 0. The van der Waals surface area contributed by atoms with Crippen molar-refractivity contribution in [3.63, 3.8) is 0 Å². The van der Waals surface area contributed by atoms with Crippen molar-refractivity contribution in [2.45, 2.75) is 38.5 Å². The van der Waals surface area contributed by atoms with Gasteiger partial charge < -0.3 is 5.32 Å². The van der Waals surface area contributed by atoms with Gasteiger partial charge in [-0.25, -0.2) is 0 Å². The van der Waals surface area contributed by atoms with Crippen LogP contribution in [0.4, 0.5) is 0 Å². The zero-order valence-electron chi connectivity index (χ0n) is 11.1. The maximum absolute atomic E-state index is 3.54. The normalized spacial score (nSPS) is 37.1. The molecule has 1 N–H and O–H groups in total. The first kappa shape index (κ1) is 12.7. The minimum Gasteiger partial charge on any atom is -0.314 e. The first-order valence-corrected chi connectivity index (χ1v) is 7.78. The Bertz CT molecular complexity index is 237. The van der Waals surface area contributed by atoms with Crippen LogP contribution in [-0.4, -0.2) is 48.6 Å². The molecule has 2 saturated heterocycles. The summed E-state index contributed by atoms with van der Waals surface area (Å²) in [6.07, 6.45) is 3.64. The largest absolute Gasteiger partial charge is 0.314 e. The number of rotatable bonds is 2. The summed E-state index contributed by atoms with van der Waals surface area (Å²) in [6, 6.07) is 0.780. The lowest BCUT2D eigenvalue weighted by molar-refractivity contribution is 0.203. The van der Waals surface area contributed by atoms with E-state index in [1.165, 1.54) is 32.6 Å². The molecule has 0 saturated carbocycles. The second kappa shape index (κ2) is 4.87. The van der Waals surface area contributed by atoms with Crippen LogP contribution in [0.5, 0.6) is 0 Å². The molecule has 2 aliphatic rings. The highest BCUT2D eigenvalue weighted by molar-refractivity contribution is 7.99. The third-order valence-electron chi connectivity index (χ3n) is 4.34. The zero-order valence-corrected chi connectivity index (χ0v) is 11.9. The summed E-state index contributed by atoms with van der Waals surface area (Å²) in [4.78, 5) is 2.73. The van der Waals surface area contributed by atoms with Crippen molar-refractivity contribution in [1.82, 2.24) is 10.2 Å². The number of thioether (sulfide) groups is 1. The Balaban J connectivity index is 1.93. The van der Waals surface area contributed by atoms with E-state index < -0.39 is 0 Å². The molecule has 0 aliphatic carbocycles. The van der Waals surface area contributed by atoms with Gasteiger partial charge in [-0.2, -0.15) is 11.8 Å². The van der Waals surface area contributed by atoms with Crippen molar-refractivity contribution in [2.75, 3.05) is 32.4 Å². The van der Waals surface area contributed by atoms with Crippen LogP contribution in [0, 0.1) is 11.3 Å². The highest BCUT2D eigenvalue weighted by Gasteiger charge is 2.38. The molecule has 3 atom stereocenters. The molecule has 94 valence electrons. The molecule has 2 fully saturated rings. The first-order valence-electron chi connectivity index (χ1n) is 6.50. The van der Waals surface area contributed by atoms with Crippen molar-refractivity contribution in [1.29, 1.82) is 0 Å². The summed E-state index contributed by atoms with van der Waals surface area (Å²) in [5.41, 5.74) is 0.482. The smallest absolute Gasteiger partial charge is 0.0351 e. The number of hydrogen-bond acceptors (Lipinski definition) is 3. The van der Waals surface area contributed by atoms with E-state index in [2.05, 4.69) is 37.2 Å². The molecule has 0 bridgehead atoms. The highest BCUT2D eigenvalue weighted by atomic mass is 32.2. The molecule has 2 rings (SSSR count). The fourth-order valence-corrected chi connectivity index (χ4v) is 3.91. The Morgan fingerprint density at radius 1 is 1.25 bits per heavy atom. The first-order chi connectivity index (χ1) is 7.52. The van der Waals surface area contributed by atoms with E-state index in [-0.39, 0.29) is 0 Å². The van der Waals surface area contributed by atoms with Gasteiger partial charge in [0.15, 0.2) is 0 Å². The molecule has 2 nitrogen and oxygen atoms in total. The van der Waals surface area contributed by atoms with Gasteiger partial charge in [0.25, 0.3) is 0 Å². The maximum Gasteiger partial charge on any atom is 0.0351 e. The van der Waals surface area contributed by atoms with Gasteiger partial charge in [0, 0.05) is 30.9 Å². The molecule has 0 radical (unpaired) electrons. The van der Waals surface area contributed by atoms with Gasteiger partial charge in [0.05, 0.1) is 0 Å². The summed E-state index contributed by atoms with van der Waals surface area (Å²) in [5, 5.41) is 4.35. The summed E-state index contributed by atoms with van der Waals surface area (Å²) in [6.45, 7) is 12.2. The average Bonchev–Trinajstić information content (AvgIpc) is 2.84. The van der Waals surface area contributed by atoms with Gasteiger partial charge in [0.1, 0.15) is 0 Å². The van der Waals surface area contributed by atoms with Gasteiger partial charge in [0.2, 0.25) is 0 Å². The van der Waals surface area contributed by atoms with Crippen molar-refractivity contribution in [3.8, 4) is 0 Å². The van der Waals surface area contributed by atoms with Crippen LogP contribution < -0.4 is 5.32 Å². The Morgan fingerprint density at radius 2 is 2.00 bits per heavy atom. The molecular formula is C13H26N2S. The average molecular weight is 242 g/mol. The van der Waals surface area contributed by atoms with Crippen molar-refractivity contribution < 1.29 is 0 Å².